The maximum Gasteiger partial charge on any atom is 0.251 e. The average Bonchev–Trinajstić information content (AvgIpc) is 2.84. The van der Waals surface area contributed by atoms with Crippen LogP contribution in [0, 0.1) is 0 Å². The van der Waals surface area contributed by atoms with Crippen LogP contribution in [0.25, 0.3) is 0 Å². The lowest BCUT2D eigenvalue weighted by atomic mass is 9.97. The van der Waals surface area contributed by atoms with Crippen molar-refractivity contribution < 1.29 is 14.7 Å². The third-order valence-electron chi connectivity index (χ3n) is 4.67. The predicted octanol–water partition coefficient (Wildman–Crippen LogP) is 1.56. The van der Waals surface area contributed by atoms with Gasteiger partial charge in [-0.25, -0.2) is 4.90 Å². The summed E-state index contributed by atoms with van der Waals surface area (Å²) in [4.78, 5) is 28.6. The van der Waals surface area contributed by atoms with Crippen molar-refractivity contribution in [2.75, 3.05) is 18.1 Å². The number of aliphatic hydroxyl groups excluding tert-OH is 1. The van der Waals surface area contributed by atoms with Crippen LogP contribution in [-0.2, 0) is 9.59 Å². The van der Waals surface area contributed by atoms with E-state index in [1.54, 1.807) is 12.1 Å². The van der Waals surface area contributed by atoms with Crippen LogP contribution >= 0.6 is 0 Å². The number of carbonyl (C=O) groups excluding carboxylic acids is 2. The summed E-state index contributed by atoms with van der Waals surface area (Å²) >= 11 is 0. The zero-order valence-corrected chi connectivity index (χ0v) is 12.6. The van der Waals surface area contributed by atoms with E-state index in [2.05, 4.69) is 4.90 Å². The first-order valence-corrected chi connectivity index (χ1v) is 8.01. The Kier molecular flexibility index (Phi) is 4.55. The minimum absolute atomic E-state index is 0.123. The smallest absolute Gasteiger partial charge is 0.251 e. The number of rotatable bonds is 4. The highest BCUT2D eigenvalue weighted by Gasteiger charge is 2.44. The molecule has 3 rings (SSSR count). The molecule has 2 atom stereocenters. The minimum atomic E-state index is -0.371. The molecule has 2 saturated heterocycles. The zero-order chi connectivity index (χ0) is 15.5. The van der Waals surface area contributed by atoms with Crippen molar-refractivity contribution in [1.29, 1.82) is 0 Å². The second-order valence-corrected chi connectivity index (χ2v) is 6.02. The molecule has 2 heterocycles. The number of nitrogens with zero attached hydrogens (tertiary/aromatic N) is 2. The molecule has 2 aliphatic rings. The van der Waals surface area contributed by atoms with Gasteiger partial charge in [-0.15, -0.1) is 0 Å². The molecule has 0 unspecified atom stereocenters. The second kappa shape index (κ2) is 6.58. The SMILES string of the molecule is O=C1C[C@@H](N2CCCC[C@H]2CCO)C(=O)N1c1ccccc1. The summed E-state index contributed by atoms with van der Waals surface area (Å²) in [6.07, 6.45) is 4.08. The normalized spacial score (nSPS) is 26.7. The fraction of sp³-hybridized carbons (Fsp3) is 0.529. The predicted molar refractivity (Wildman–Crippen MR) is 83.4 cm³/mol. The molecule has 5 heteroatoms. The molecule has 2 aliphatic heterocycles. The first-order chi connectivity index (χ1) is 10.7. The van der Waals surface area contributed by atoms with Gasteiger partial charge >= 0.3 is 0 Å². The van der Waals surface area contributed by atoms with Crippen LogP contribution in [0.5, 0.6) is 0 Å². The van der Waals surface area contributed by atoms with Gasteiger partial charge in [0.2, 0.25) is 5.91 Å². The summed E-state index contributed by atoms with van der Waals surface area (Å²) in [5.74, 6) is -0.254. The molecule has 0 bridgehead atoms. The highest BCUT2D eigenvalue weighted by Crippen LogP contribution is 2.30. The summed E-state index contributed by atoms with van der Waals surface area (Å²) in [6, 6.07) is 8.95. The molecular formula is C17H22N2O3. The molecule has 0 aromatic heterocycles. The molecule has 0 spiro atoms. The molecule has 1 N–H and O–H groups in total. The van der Waals surface area contributed by atoms with E-state index in [0.717, 1.165) is 25.8 Å². The van der Waals surface area contributed by atoms with Crippen molar-refractivity contribution in [2.24, 2.45) is 0 Å². The van der Waals surface area contributed by atoms with Crippen LogP contribution in [0.15, 0.2) is 30.3 Å². The van der Waals surface area contributed by atoms with E-state index in [-0.39, 0.29) is 36.9 Å². The number of hydrogen-bond acceptors (Lipinski definition) is 4. The average molecular weight is 302 g/mol. The van der Waals surface area contributed by atoms with Gasteiger partial charge in [-0.1, -0.05) is 24.6 Å². The summed E-state index contributed by atoms with van der Waals surface area (Å²) in [6.45, 7) is 0.954. The van der Waals surface area contributed by atoms with Crippen molar-refractivity contribution in [3.8, 4) is 0 Å². The van der Waals surface area contributed by atoms with Gasteiger partial charge in [0.15, 0.2) is 0 Å². The molecule has 2 fully saturated rings. The van der Waals surface area contributed by atoms with Gasteiger partial charge in [-0.3, -0.25) is 14.5 Å². The fourth-order valence-corrected chi connectivity index (χ4v) is 3.62. The molecule has 1 aromatic carbocycles. The molecule has 1 aromatic rings. The van der Waals surface area contributed by atoms with Crippen LogP contribution in [-0.4, -0.2) is 47.1 Å². The number of likely N-dealkylation sites (tertiary alicyclic amines) is 1. The first-order valence-electron chi connectivity index (χ1n) is 8.01. The Morgan fingerprint density at radius 3 is 2.64 bits per heavy atom. The lowest BCUT2D eigenvalue weighted by Crippen LogP contribution is -2.50. The van der Waals surface area contributed by atoms with Gasteiger partial charge in [-0.05, 0) is 37.9 Å². The Hall–Kier alpha value is -1.72. The highest BCUT2D eigenvalue weighted by atomic mass is 16.3. The third-order valence-corrected chi connectivity index (χ3v) is 4.67. The van der Waals surface area contributed by atoms with Crippen LogP contribution in [0.1, 0.15) is 32.1 Å². The Balaban J connectivity index is 1.81. The van der Waals surface area contributed by atoms with Gasteiger partial charge < -0.3 is 5.11 Å². The van der Waals surface area contributed by atoms with Crippen LogP contribution in [0.3, 0.4) is 0 Å². The first kappa shape index (κ1) is 15.2. The number of carbonyl (C=O) groups is 2. The molecule has 118 valence electrons. The number of benzene rings is 1. The van der Waals surface area contributed by atoms with Crippen LogP contribution in [0.4, 0.5) is 5.69 Å². The number of aliphatic hydroxyl groups is 1. The molecule has 0 radical (unpaired) electrons. The molecule has 0 aliphatic carbocycles. The number of amides is 2. The summed E-state index contributed by atoms with van der Waals surface area (Å²) in [5.41, 5.74) is 0.649. The topological polar surface area (TPSA) is 60.9 Å². The Bertz CT molecular complexity index is 544. The van der Waals surface area contributed by atoms with E-state index in [9.17, 15) is 14.7 Å². The largest absolute Gasteiger partial charge is 0.396 e. The molecule has 2 amide bonds. The van der Waals surface area contributed by atoms with Gasteiger partial charge in [0, 0.05) is 12.6 Å². The lowest BCUT2D eigenvalue weighted by Gasteiger charge is -2.38. The van der Waals surface area contributed by atoms with E-state index < -0.39 is 0 Å². The minimum Gasteiger partial charge on any atom is -0.396 e. The van der Waals surface area contributed by atoms with Crippen molar-refractivity contribution in [3.05, 3.63) is 30.3 Å². The van der Waals surface area contributed by atoms with Gasteiger partial charge in [0.1, 0.15) is 0 Å². The van der Waals surface area contributed by atoms with Gasteiger partial charge in [0.25, 0.3) is 5.91 Å². The monoisotopic (exact) mass is 302 g/mol. The molecule has 5 nitrogen and oxygen atoms in total. The van der Waals surface area contributed by atoms with Crippen molar-refractivity contribution >= 4 is 17.5 Å². The second-order valence-electron chi connectivity index (χ2n) is 6.02. The van der Waals surface area contributed by atoms with Crippen molar-refractivity contribution in [1.82, 2.24) is 4.90 Å². The van der Waals surface area contributed by atoms with Gasteiger partial charge in [0.05, 0.1) is 18.2 Å². The fourth-order valence-electron chi connectivity index (χ4n) is 3.62. The number of hydrogen-bond donors (Lipinski definition) is 1. The van der Waals surface area contributed by atoms with Crippen LogP contribution in [0.2, 0.25) is 0 Å². The lowest BCUT2D eigenvalue weighted by molar-refractivity contribution is -0.123. The van der Waals surface area contributed by atoms with Crippen LogP contribution < -0.4 is 4.90 Å². The zero-order valence-electron chi connectivity index (χ0n) is 12.6. The van der Waals surface area contributed by atoms with E-state index in [4.69, 9.17) is 0 Å². The summed E-state index contributed by atoms with van der Waals surface area (Å²) in [7, 11) is 0. The molecule has 0 saturated carbocycles. The quantitative estimate of drug-likeness (QED) is 0.857. The van der Waals surface area contributed by atoms with E-state index in [0.29, 0.717) is 12.1 Å². The third kappa shape index (κ3) is 2.78. The summed E-state index contributed by atoms with van der Waals surface area (Å²) < 4.78 is 0. The van der Waals surface area contributed by atoms with Crippen molar-refractivity contribution in [2.45, 2.75) is 44.2 Å². The van der Waals surface area contributed by atoms with E-state index >= 15 is 0 Å². The Morgan fingerprint density at radius 2 is 1.91 bits per heavy atom. The van der Waals surface area contributed by atoms with E-state index in [1.807, 2.05) is 18.2 Å². The Labute approximate surface area is 130 Å². The molecule has 22 heavy (non-hydrogen) atoms. The maximum absolute atomic E-state index is 12.8. The Morgan fingerprint density at radius 1 is 1.14 bits per heavy atom. The van der Waals surface area contributed by atoms with Gasteiger partial charge in [-0.2, -0.15) is 0 Å². The maximum atomic E-state index is 12.8. The number of imide groups is 1. The summed E-state index contributed by atoms with van der Waals surface area (Å²) in [5, 5.41) is 9.24. The standard InChI is InChI=1S/C17H22N2O3/c20-11-9-13-6-4-5-10-18(13)15-12-16(21)19(17(15)22)14-7-2-1-3-8-14/h1-3,7-8,13,15,20H,4-6,9-12H2/t13-,15+/m0/s1. The number of anilines is 1. The molecular weight excluding hydrogens is 280 g/mol. The van der Waals surface area contributed by atoms with Crippen molar-refractivity contribution in [3.63, 3.8) is 0 Å². The van der Waals surface area contributed by atoms with E-state index in [1.165, 1.54) is 4.90 Å². The number of piperidine rings is 1. The number of para-hydroxylation sites is 1. The highest BCUT2D eigenvalue weighted by molar-refractivity contribution is 6.22.